The van der Waals surface area contributed by atoms with Crippen LogP contribution < -0.4 is 5.73 Å². The summed E-state index contributed by atoms with van der Waals surface area (Å²) in [7, 11) is 0. The number of halogens is 2. The Hall–Kier alpha value is -0.960. The van der Waals surface area contributed by atoms with Crippen molar-refractivity contribution in [3.05, 3.63) is 34.9 Å². The molecular weight excluding hydrogens is 232 g/mol. The Bertz CT molecular complexity index is 411. The monoisotopic (exact) mass is 253 g/mol. The quantitative estimate of drug-likeness (QED) is 0.853. The summed E-state index contributed by atoms with van der Waals surface area (Å²) in [6.07, 6.45) is 6.88. The zero-order chi connectivity index (χ0) is 13.1. The fourth-order valence-electron chi connectivity index (χ4n) is 2.82. The van der Waals surface area contributed by atoms with Gasteiger partial charge in [0.2, 0.25) is 0 Å². The number of aryl methyl sites for hydroxylation is 1. The third-order valence-corrected chi connectivity index (χ3v) is 4.04. The van der Waals surface area contributed by atoms with Crippen molar-refractivity contribution in [1.29, 1.82) is 0 Å². The first-order chi connectivity index (χ1) is 8.58. The number of rotatable bonds is 4. The van der Waals surface area contributed by atoms with Crippen LogP contribution in [0.4, 0.5) is 8.78 Å². The first-order valence-corrected chi connectivity index (χ1v) is 6.79. The summed E-state index contributed by atoms with van der Waals surface area (Å²) in [5.41, 5.74) is 6.63. The molecule has 0 aromatic heterocycles. The average molecular weight is 253 g/mol. The van der Waals surface area contributed by atoms with E-state index < -0.39 is 0 Å². The number of hydrogen-bond acceptors (Lipinski definition) is 1. The van der Waals surface area contributed by atoms with Crippen LogP contribution >= 0.6 is 0 Å². The molecule has 1 aromatic rings. The molecule has 1 nitrogen and oxygen atoms in total. The molecule has 0 aliphatic heterocycles. The Morgan fingerprint density at radius 2 is 1.89 bits per heavy atom. The van der Waals surface area contributed by atoms with Gasteiger partial charge in [-0.15, -0.1) is 0 Å². The average Bonchev–Trinajstić information content (AvgIpc) is 2.84. The van der Waals surface area contributed by atoms with Crippen molar-refractivity contribution >= 4 is 0 Å². The maximum atomic E-state index is 13.7. The third kappa shape index (κ3) is 3.08. The van der Waals surface area contributed by atoms with Gasteiger partial charge in [-0.2, -0.15) is 0 Å². The van der Waals surface area contributed by atoms with Crippen LogP contribution in [0.25, 0.3) is 0 Å². The van der Waals surface area contributed by atoms with Crippen molar-refractivity contribution in [2.45, 2.75) is 51.5 Å². The number of hydrogen-bond donors (Lipinski definition) is 1. The summed E-state index contributed by atoms with van der Waals surface area (Å²) in [6.45, 7) is 1.56. The molecular formula is C15H21F2N. The van der Waals surface area contributed by atoms with Crippen molar-refractivity contribution in [3.63, 3.8) is 0 Å². The molecule has 1 atom stereocenters. The van der Waals surface area contributed by atoms with E-state index in [1.807, 2.05) is 0 Å². The number of nitrogens with two attached hydrogens (primary N) is 1. The molecule has 2 N–H and O–H groups in total. The van der Waals surface area contributed by atoms with Gasteiger partial charge in [0.05, 0.1) is 0 Å². The van der Waals surface area contributed by atoms with E-state index in [-0.39, 0.29) is 17.7 Å². The lowest BCUT2D eigenvalue weighted by atomic mass is 9.94. The van der Waals surface area contributed by atoms with Crippen LogP contribution in [-0.4, -0.2) is 0 Å². The van der Waals surface area contributed by atoms with Crippen LogP contribution in [0, 0.1) is 24.5 Å². The van der Waals surface area contributed by atoms with E-state index in [2.05, 4.69) is 0 Å². The van der Waals surface area contributed by atoms with Crippen LogP contribution in [0.3, 0.4) is 0 Å². The second-order valence-corrected chi connectivity index (χ2v) is 5.46. The van der Waals surface area contributed by atoms with Crippen LogP contribution in [0.1, 0.15) is 55.7 Å². The van der Waals surface area contributed by atoms with Crippen LogP contribution in [-0.2, 0) is 0 Å². The fourth-order valence-corrected chi connectivity index (χ4v) is 2.82. The van der Waals surface area contributed by atoms with Gasteiger partial charge in [0.15, 0.2) is 0 Å². The Balaban J connectivity index is 1.99. The zero-order valence-corrected chi connectivity index (χ0v) is 10.9. The molecule has 18 heavy (non-hydrogen) atoms. The van der Waals surface area contributed by atoms with Crippen molar-refractivity contribution in [2.75, 3.05) is 0 Å². The van der Waals surface area contributed by atoms with Gasteiger partial charge in [-0.1, -0.05) is 25.7 Å². The highest BCUT2D eigenvalue weighted by Crippen LogP contribution is 2.31. The third-order valence-electron chi connectivity index (χ3n) is 4.04. The van der Waals surface area contributed by atoms with Crippen LogP contribution in [0.15, 0.2) is 12.1 Å². The van der Waals surface area contributed by atoms with Crippen molar-refractivity contribution in [2.24, 2.45) is 11.7 Å². The van der Waals surface area contributed by atoms with Gasteiger partial charge in [-0.05, 0) is 43.4 Å². The molecule has 0 saturated heterocycles. The van der Waals surface area contributed by atoms with E-state index in [9.17, 15) is 8.78 Å². The minimum Gasteiger partial charge on any atom is -0.324 e. The molecule has 1 fully saturated rings. The van der Waals surface area contributed by atoms with Gasteiger partial charge >= 0.3 is 0 Å². The highest BCUT2D eigenvalue weighted by Gasteiger charge is 2.19. The fraction of sp³-hybridized carbons (Fsp3) is 0.600. The predicted octanol–water partition coefficient (Wildman–Crippen LogP) is 4.24. The van der Waals surface area contributed by atoms with Gasteiger partial charge in [-0.25, -0.2) is 8.78 Å². The molecule has 0 spiro atoms. The lowest BCUT2D eigenvalue weighted by Gasteiger charge is -2.16. The molecule has 3 heteroatoms. The van der Waals surface area contributed by atoms with Crippen LogP contribution in [0.2, 0.25) is 0 Å². The maximum Gasteiger partial charge on any atom is 0.128 e. The minimum absolute atomic E-state index is 0.316. The lowest BCUT2D eigenvalue weighted by Crippen LogP contribution is -2.14. The standard InChI is InChI=1S/C15H21F2N/c1-10-8-14(17)12(9-13(10)16)15(18)7-6-11-4-2-3-5-11/h8-9,11,15H,2-7,18H2,1H3. The molecule has 0 bridgehead atoms. The van der Waals surface area contributed by atoms with Crippen molar-refractivity contribution in [3.8, 4) is 0 Å². The van der Waals surface area contributed by atoms with Gasteiger partial charge < -0.3 is 5.73 Å². The molecule has 100 valence electrons. The van der Waals surface area contributed by atoms with Crippen molar-refractivity contribution < 1.29 is 8.78 Å². The minimum atomic E-state index is -0.388. The smallest absolute Gasteiger partial charge is 0.128 e. The van der Waals surface area contributed by atoms with E-state index in [0.29, 0.717) is 11.1 Å². The second-order valence-electron chi connectivity index (χ2n) is 5.46. The normalized spacial score (nSPS) is 18.2. The van der Waals surface area contributed by atoms with Gasteiger partial charge in [0.1, 0.15) is 11.6 Å². The molecule has 1 unspecified atom stereocenters. The molecule has 0 radical (unpaired) electrons. The predicted molar refractivity (Wildman–Crippen MR) is 69.2 cm³/mol. The van der Waals surface area contributed by atoms with Crippen LogP contribution in [0.5, 0.6) is 0 Å². The summed E-state index contributed by atoms with van der Waals surface area (Å²) in [6, 6.07) is 2.10. The summed E-state index contributed by atoms with van der Waals surface area (Å²) in [5.74, 6) is -0.0232. The highest BCUT2D eigenvalue weighted by atomic mass is 19.1. The van der Waals surface area contributed by atoms with Gasteiger partial charge in [0, 0.05) is 11.6 Å². The number of benzene rings is 1. The zero-order valence-electron chi connectivity index (χ0n) is 10.9. The van der Waals surface area contributed by atoms with E-state index in [1.165, 1.54) is 37.8 Å². The summed E-state index contributed by atoms with van der Waals surface area (Å²) in [4.78, 5) is 0. The van der Waals surface area contributed by atoms with E-state index in [1.54, 1.807) is 6.92 Å². The Morgan fingerprint density at radius 3 is 2.56 bits per heavy atom. The molecule has 1 aliphatic rings. The highest BCUT2D eigenvalue weighted by molar-refractivity contribution is 5.27. The van der Waals surface area contributed by atoms with Gasteiger partial charge in [-0.3, -0.25) is 0 Å². The largest absolute Gasteiger partial charge is 0.324 e. The molecule has 1 saturated carbocycles. The van der Waals surface area contributed by atoms with Gasteiger partial charge in [0.25, 0.3) is 0 Å². The van der Waals surface area contributed by atoms with E-state index in [4.69, 9.17) is 5.73 Å². The Labute approximate surface area is 107 Å². The first-order valence-electron chi connectivity index (χ1n) is 6.79. The molecule has 1 aromatic carbocycles. The molecule has 0 heterocycles. The maximum absolute atomic E-state index is 13.7. The SMILES string of the molecule is Cc1cc(F)c(C(N)CCC2CCCC2)cc1F. The molecule has 0 amide bonds. The Kier molecular flexibility index (Phi) is 4.33. The topological polar surface area (TPSA) is 26.0 Å². The Morgan fingerprint density at radius 1 is 1.22 bits per heavy atom. The van der Waals surface area contributed by atoms with E-state index in [0.717, 1.165) is 18.8 Å². The second kappa shape index (κ2) is 5.79. The molecule has 1 aliphatic carbocycles. The summed E-state index contributed by atoms with van der Waals surface area (Å²) >= 11 is 0. The molecule has 2 rings (SSSR count). The summed E-state index contributed by atoms with van der Waals surface area (Å²) in [5, 5.41) is 0. The first kappa shape index (κ1) is 13.5. The summed E-state index contributed by atoms with van der Waals surface area (Å²) < 4.78 is 27.2. The lowest BCUT2D eigenvalue weighted by molar-refractivity contribution is 0.445. The van der Waals surface area contributed by atoms with Crippen molar-refractivity contribution in [1.82, 2.24) is 0 Å². The van der Waals surface area contributed by atoms with E-state index >= 15 is 0 Å².